The van der Waals surface area contributed by atoms with E-state index in [1.807, 2.05) is 0 Å². The van der Waals surface area contributed by atoms with Crippen LogP contribution < -0.4 is 0 Å². The van der Waals surface area contributed by atoms with Gasteiger partial charge in [0.1, 0.15) is 0 Å². The van der Waals surface area contributed by atoms with Crippen molar-refractivity contribution in [2.75, 3.05) is 0 Å². The van der Waals surface area contributed by atoms with E-state index in [0.717, 1.165) is 0 Å². The molecule has 0 amide bonds. The summed E-state index contributed by atoms with van der Waals surface area (Å²) < 4.78 is 0. The van der Waals surface area contributed by atoms with Crippen LogP contribution in [0.5, 0.6) is 0 Å². The number of rotatable bonds is 0. The fourth-order valence-electron chi connectivity index (χ4n) is 1.07. The molecule has 60 valence electrons. The Labute approximate surface area is 76.9 Å². The topological polar surface area (TPSA) is 40.5 Å². The van der Waals surface area contributed by atoms with E-state index in [0.29, 0.717) is 12.8 Å². The molecule has 1 aliphatic rings. The predicted octanol–water partition coefficient (Wildman–Crippen LogP) is 1.03. The fourth-order valence-corrected chi connectivity index (χ4v) is 2.27. The van der Waals surface area contributed by atoms with Gasteiger partial charge in [-0.15, -0.1) is 0 Å². The second-order valence-electron chi connectivity index (χ2n) is 2.64. The summed E-state index contributed by atoms with van der Waals surface area (Å²) in [6.45, 7) is 0. The molecule has 2 N–H and O–H groups in total. The van der Waals surface area contributed by atoms with E-state index >= 15 is 0 Å². The Morgan fingerprint density at radius 2 is 1.20 bits per heavy atom. The molecular weight excluding hydrogens is 264 g/mol. The van der Waals surface area contributed by atoms with E-state index in [4.69, 9.17) is 10.2 Å². The number of halogens is 2. The second kappa shape index (κ2) is 3.52. The lowest BCUT2D eigenvalue weighted by Crippen LogP contribution is -2.39. The molecular formula is C6H10Br2O2. The highest BCUT2D eigenvalue weighted by Crippen LogP contribution is 2.30. The lowest BCUT2D eigenvalue weighted by Gasteiger charge is -2.30. The van der Waals surface area contributed by atoms with Gasteiger partial charge in [0.15, 0.2) is 0 Å². The standard InChI is InChI=1S/C6H10Br2O2/c7-3-1-5(9)6(10)2-4(3)8/h3-6,9-10H,1-2H2/t3-,4-,5-,6+/m0/s1. The zero-order valence-electron chi connectivity index (χ0n) is 5.37. The van der Waals surface area contributed by atoms with E-state index in [9.17, 15) is 0 Å². The Kier molecular flexibility index (Phi) is 3.16. The average molecular weight is 274 g/mol. The highest BCUT2D eigenvalue weighted by molar-refractivity contribution is 9.12. The molecule has 0 heterocycles. The summed E-state index contributed by atoms with van der Waals surface area (Å²) in [4.78, 5) is 0.566. The quantitative estimate of drug-likeness (QED) is 0.648. The Hall–Kier alpha value is 0.880. The van der Waals surface area contributed by atoms with Gasteiger partial charge in [0.25, 0.3) is 0 Å². The van der Waals surface area contributed by atoms with Crippen LogP contribution in [0.2, 0.25) is 0 Å². The van der Waals surface area contributed by atoms with E-state index in [1.165, 1.54) is 0 Å². The van der Waals surface area contributed by atoms with Crippen LogP contribution in [0.1, 0.15) is 12.8 Å². The monoisotopic (exact) mass is 272 g/mol. The maximum Gasteiger partial charge on any atom is 0.0810 e. The molecule has 0 spiro atoms. The third-order valence-corrected chi connectivity index (χ3v) is 4.50. The molecule has 0 aliphatic heterocycles. The lowest BCUT2D eigenvalue weighted by molar-refractivity contribution is -0.00392. The smallest absolute Gasteiger partial charge is 0.0810 e. The second-order valence-corrected chi connectivity index (χ2v) is 4.99. The van der Waals surface area contributed by atoms with Crippen LogP contribution in [0.4, 0.5) is 0 Å². The molecule has 1 fully saturated rings. The number of hydrogen-bond donors (Lipinski definition) is 2. The zero-order chi connectivity index (χ0) is 7.72. The van der Waals surface area contributed by atoms with Crippen LogP contribution in [-0.2, 0) is 0 Å². The first-order valence-corrected chi connectivity index (χ1v) is 5.08. The van der Waals surface area contributed by atoms with E-state index < -0.39 is 12.2 Å². The van der Waals surface area contributed by atoms with E-state index in [-0.39, 0.29) is 9.65 Å². The van der Waals surface area contributed by atoms with Gasteiger partial charge in [0.05, 0.1) is 12.2 Å². The Morgan fingerprint density at radius 1 is 0.900 bits per heavy atom. The minimum atomic E-state index is -0.557. The zero-order valence-corrected chi connectivity index (χ0v) is 8.55. The van der Waals surface area contributed by atoms with Gasteiger partial charge in [-0.05, 0) is 12.8 Å². The van der Waals surface area contributed by atoms with Crippen molar-refractivity contribution in [3.05, 3.63) is 0 Å². The first kappa shape index (κ1) is 8.97. The third-order valence-electron chi connectivity index (χ3n) is 1.77. The molecule has 0 aromatic rings. The van der Waals surface area contributed by atoms with E-state index in [2.05, 4.69) is 31.9 Å². The first-order chi connectivity index (χ1) is 4.61. The molecule has 1 aliphatic carbocycles. The minimum absolute atomic E-state index is 0.283. The molecule has 10 heavy (non-hydrogen) atoms. The van der Waals surface area contributed by atoms with Gasteiger partial charge < -0.3 is 10.2 Å². The Bertz CT molecular complexity index is 94.3. The Balaban J connectivity index is 2.46. The molecule has 2 nitrogen and oxygen atoms in total. The van der Waals surface area contributed by atoms with Crippen molar-refractivity contribution in [1.29, 1.82) is 0 Å². The fraction of sp³-hybridized carbons (Fsp3) is 1.00. The van der Waals surface area contributed by atoms with Gasteiger partial charge in [-0.1, -0.05) is 31.9 Å². The first-order valence-electron chi connectivity index (χ1n) is 3.25. The van der Waals surface area contributed by atoms with Crippen LogP contribution >= 0.6 is 31.9 Å². The molecule has 0 aromatic heterocycles. The van der Waals surface area contributed by atoms with Crippen molar-refractivity contribution in [2.45, 2.75) is 34.7 Å². The van der Waals surface area contributed by atoms with Crippen molar-refractivity contribution in [3.63, 3.8) is 0 Å². The lowest BCUT2D eigenvalue weighted by atomic mass is 9.95. The number of hydrogen-bond acceptors (Lipinski definition) is 2. The van der Waals surface area contributed by atoms with Crippen molar-refractivity contribution in [1.82, 2.24) is 0 Å². The largest absolute Gasteiger partial charge is 0.390 e. The summed E-state index contributed by atoms with van der Waals surface area (Å²) in [7, 11) is 0. The number of aliphatic hydroxyl groups is 2. The minimum Gasteiger partial charge on any atom is -0.390 e. The van der Waals surface area contributed by atoms with Crippen molar-refractivity contribution >= 4 is 31.9 Å². The van der Waals surface area contributed by atoms with Gasteiger partial charge in [-0.25, -0.2) is 0 Å². The summed E-state index contributed by atoms with van der Waals surface area (Å²) >= 11 is 6.81. The summed E-state index contributed by atoms with van der Waals surface area (Å²) in [6.07, 6.45) is 0.130. The molecule has 1 saturated carbocycles. The Morgan fingerprint density at radius 3 is 1.50 bits per heavy atom. The predicted molar refractivity (Wildman–Crippen MR) is 46.7 cm³/mol. The van der Waals surface area contributed by atoms with Gasteiger partial charge in [-0.2, -0.15) is 0 Å². The molecule has 4 heteroatoms. The van der Waals surface area contributed by atoms with Gasteiger partial charge >= 0.3 is 0 Å². The van der Waals surface area contributed by atoms with Crippen LogP contribution in [0.15, 0.2) is 0 Å². The van der Waals surface area contributed by atoms with Gasteiger partial charge in [0.2, 0.25) is 0 Å². The van der Waals surface area contributed by atoms with Gasteiger partial charge in [0, 0.05) is 9.65 Å². The van der Waals surface area contributed by atoms with Crippen molar-refractivity contribution in [3.8, 4) is 0 Å². The highest BCUT2D eigenvalue weighted by Gasteiger charge is 2.32. The SMILES string of the molecule is O[C@@H]1C[C@H](Br)[C@@H](Br)C[C@@H]1O. The number of alkyl halides is 2. The van der Waals surface area contributed by atoms with Crippen LogP contribution in [0.3, 0.4) is 0 Å². The summed E-state index contributed by atoms with van der Waals surface area (Å²) in [5.41, 5.74) is 0. The molecule has 0 saturated heterocycles. The highest BCUT2D eigenvalue weighted by atomic mass is 79.9. The maximum absolute atomic E-state index is 9.17. The molecule has 0 bridgehead atoms. The average Bonchev–Trinajstić information content (AvgIpc) is 1.84. The molecule has 4 atom stereocenters. The number of aliphatic hydroxyl groups excluding tert-OH is 2. The van der Waals surface area contributed by atoms with Crippen LogP contribution in [0.25, 0.3) is 0 Å². The summed E-state index contributed by atoms with van der Waals surface area (Å²) in [6, 6.07) is 0. The van der Waals surface area contributed by atoms with Crippen LogP contribution in [-0.4, -0.2) is 32.1 Å². The molecule has 1 rings (SSSR count). The van der Waals surface area contributed by atoms with Crippen LogP contribution in [0, 0.1) is 0 Å². The van der Waals surface area contributed by atoms with Crippen molar-refractivity contribution < 1.29 is 10.2 Å². The summed E-state index contributed by atoms with van der Waals surface area (Å²) in [5, 5.41) is 18.3. The molecule has 0 unspecified atom stereocenters. The van der Waals surface area contributed by atoms with Gasteiger partial charge in [-0.3, -0.25) is 0 Å². The van der Waals surface area contributed by atoms with Crippen molar-refractivity contribution in [2.24, 2.45) is 0 Å². The molecule has 0 aromatic carbocycles. The summed E-state index contributed by atoms with van der Waals surface area (Å²) in [5.74, 6) is 0. The molecule has 0 radical (unpaired) electrons. The van der Waals surface area contributed by atoms with E-state index in [1.54, 1.807) is 0 Å². The normalized spacial score (nSPS) is 49.2. The maximum atomic E-state index is 9.17. The third kappa shape index (κ3) is 1.94.